The van der Waals surface area contributed by atoms with Crippen molar-refractivity contribution in [3.05, 3.63) is 47.5 Å². The first-order valence-corrected chi connectivity index (χ1v) is 6.30. The van der Waals surface area contributed by atoms with Gasteiger partial charge in [-0.1, -0.05) is 44.2 Å². The molecule has 94 valence electrons. The lowest BCUT2D eigenvalue weighted by molar-refractivity contribution is 0.450. The lowest BCUT2D eigenvalue weighted by atomic mass is 9.97. The van der Waals surface area contributed by atoms with Gasteiger partial charge in [0.25, 0.3) is 0 Å². The van der Waals surface area contributed by atoms with E-state index in [0.717, 1.165) is 24.0 Å². The molecule has 0 saturated carbocycles. The van der Waals surface area contributed by atoms with Gasteiger partial charge in [0.2, 0.25) is 0 Å². The van der Waals surface area contributed by atoms with Crippen molar-refractivity contribution in [3.8, 4) is 22.6 Å². The van der Waals surface area contributed by atoms with Crippen LogP contribution < -0.4 is 0 Å². The van der Waals surface area contributed by atoms with Crippen LogP contribution in [-0.4, -0.2) is 10.2 Å². The number of benzene rings is 2. The average Bonchev–Trinajstić information content (AvgIpc) is 2.39. The Hall–Kier alpha value is -1.96. The topological polar surface area (TPSA) is 40.5 Å². The van der Waals surface area contributed by atoms with E-state index < -0.39 is 0 Å². The van der Waals surface area contributed by atoms with Crippen LogP contribution in [0.1, 0.15) is 25.0 Å². The molecule has 2 nitrogen and oxygen atoms in total. The Morgan fingerprint density at radius 2 is 1.72 bits per heavy atom. The molecule has 0 heterocycles. The molecule has 2 N–H and O–H groups in total. The Labute approximate surface area is 108 Å². The van der Waals surface area contributed by atoms with Crippen molar-refractivity contribution in [1.29, 1.82) is 0 Å². The first kappa shape index (κ1) is 12.5. The maximum atomic E-state index is 10.2. The van der Waals surface area contributed by atoms with Gasteiger partial charge in [0.05, 0.1) is 5.56 Å². The van der Waals surface area contributed by atoms with Crippen LogP contribution in [0.2, 0.25) is 0 Å². The van der Waals surface area contributed by atoms with Gasteiger partial charge >= 0.3 is 0 Å². The smallest absolute Gasteiger partial charge is 0.130 e. The third-order valence-corrected chi connectivity index (χ3v) is 3.24. The minimum absolute atomic E-state index is 0.123. The molecule has 0 radical (unpaired) electrons. The zero-order valence-electron chi connectivity index (χ0n) is 10.8. The van der Waals surface area contributed by atoms with Crippen molar-refractivity contribution in [1.82, 2.24) is 0 Å². The highest BCUT2D eigenvalue weighted by atomic mass is 16.3. The van der Waals surface area contributed by atoms with E-state index in [1.807, 2.05) is 31.2 Å². The highest BCUT2D eigenvalue weighted by Gasteiger charge is 2.13. The predicted octanol–water partition coefficient (Wildman–Crippen LogP) is 3.89. The molecule has 0 amide bonds. The quantitative estimate of drug-likeness (QED) is 0.857. The number of aromatic hydroxyl groups is 2. The maximum absolute atomic E-state index is 10.2. The number of rotatable bonds is 3. The molecule has 18 heavy (non-hydrogen) atoms. The van der Waals surface area contributed by atoms with Gasteiger partial charge in [-0.3, -0.25) is 0 Å². The van der Waals surface area contributed by atoms with E-state index in [4.69, 9.17) is 0 Å². The van der Waals surface area contributed by atoms with Crippen molar-refractivity contribution in [2.24, 2.45) is 0 Å². The van der Waals surface area contributed by atoms with Crippen LogP contribution in [0.4, 0.5) is 0 Å². The summed E-state index contributed by atoms with van der Waals surface area (Å²) in [6.07, 6.45) is 1.68. The molecular weight excluding hydrogens is 224 g/mol. The molecule has 0 unspecified atom stereocenters. The molecule has 2 heteroatoms. The van der Waals surface area contributed by atoms with Crippen LogP contribution in [0.15, 0.2) is 36.4 Å². The monoisotopic (exact) mass is 242 g/mol. The molecule has 0 fully saturated rings. The lowest BCUT2D eigenvalue weighted by Crippen LogP contribution is -1.88. The van der Waals surface area contributed by atoms with E-state index in [9.17, 15) is 10.2 Å². The van der Waals surface area contributed by atoms with Crippen molar-refractivity contribution in [2.75, 3.05) is 0 Å². The fourth-order valence-corrected chi connectivity index (χ4v) is 2.14. The molecule has 2 rings (SSSR count). The van der Waals surface area contributed by atoms with Crippen molar-refractivity contribution in [2.45, 2.75) is 26.7 Å². The van der Waals surface area contributed by atoms with E-state index in [2.05, 4.69) is 6.92 Å². The summed E-state index contributed by atoms with van der Waals surface area (Å²) in [5.41, 5.74) is 3.43. The van der Waals surface area contributed by atoms with Gasteiger partial charge in [0.1, 0.15) is 11.5 Å². The Morgan fingerprint density at radius 1 is 0.944 bits per heavy atom. The van der Waals surface area contributed by atoms with Gasteiger partial charge in [0, 0.05) is 0 Å². The minimum Gasteiger partial charge on any atom is -0.507 e. The summed E-state index contributed by atoms with van der Waals surface area (Å²) in [5.74, 6) is 0.309. The number of hydrogen-bond acceptors (Lipinski definition) is 2. The molecule has 0 aliphatic carbocycles. The summed E-state index contributed by atoms with van der Waals surface area (Å²) >= 11 is 0. The summed E-state index contributed by atoms with van der Waals surface area (Å²) < 4.78 is 0. The van der Waals surface area contributed by atoms with E-state index >= 15 is 0 Å². The standard InChI is InChI=1S/C16H18O2/c1-3-11-6-5-7-13(10-11)15-14(17)9-8-12(4-2)16(15)18/h5-10,17-18H,3-4H2,1-2H3. The van der Waals surface area contributed by atoms with E-state index in [0.29, 0.717) is 5.56 Å². The fraction of sp³-hybridized carbons (Fsp3) is 0.250. The first-order chi connectivity index (χ1) is 8.67. The molecule has 0 spiro atoms. The van der Waals surface area contributed by atoms with Gasteiger partial charge in [-0.2, -0.15) is 0 Å². The Kier molecular flexibility index (Phi) is 3.56. The van der Waals surface area contributed by atoms with Crippen LogP contribution in [0.3, 0.4) is 0 Å². The molecule has 0 aromatic heterocycles. The molecule has 0 aliphatic heterocycles. The Bertz CT molecular complexity index is 559. The summed E-state index contributed by atoms with van der Waals surface area (Å²) in [5, 5.41) is 20.2. The second-order valence-electron chi connectivity index (χ2n) is 4.37. The Morgan fingerprint density at radius 3 is 2.39 bits per heavy atom. The van der Waals surface area contributed by atoms with Crippen LogP contribution >= 0.6 is 0 Å². The molecule has 0 saturated heterocycles. The second kappa shape index (κ2) is 5.13. The van der Waals surface area contributed by atoms with Gasteiger partial charge in [0.15, 0.2) is 0 Å². The number of hydrogen-bond donors (Lipinski definition) is 2. The molecule has 2 aromatic rings. The zero-order chi connectivity index (χ0) is 13.1. The normalized spacial score (nSPS) is 10.6. The summed E-state index contributed by atoms with van der Waals surface area (Å²) in [7, 11) is 0. The second-order valence-corrected chi connectivity index (χ2v) is 4.37. The van der Waals surface area contributed by atoms with Gasteiger partial charge < -0.3 is 10.2 Å². The lowest BCUT2D eigenvalue weighted by Gasteiger charge is -2.12. The molecule has 0 atom stereocenters. The van der Waals surface area contributed by atoms with Crippen LogP contribution in [0.25, 0.3) is 11.1 Å². The van der Waals surface area contributed by atoms with Crippen LogP contribution in [0.5, 0.6) is 11.5 Å². The zero-order valence-corrected chi connectivity index (χ0v) is 10.8. The van der Waals surface area contributed by atoms with E-state index in [-0.39, 0.29) is 11.5 Å². The maximum Gasteiger partial charge on any atom is 0.130 e. The van der Waals surface area contributed by atoms with Gasteiger partial charge in [-0.25, -0.2) is 0 Å². The first-order valence-electron chi connectivity index (χ1n) is 6.30. The van der Waals surface area contributed by atoms with E-state index in [1.165, 1.54) is 5.56 Å². The summed E-state index contributed by atoms with van der Waals surface area (Å²) in [6.45, 7) is 4.07. The van der Waals surface area contributed by atoms with Gasteiger partial charge in [-0.05, 0) is 35.6 Å². The van der Waals surface area contributed by atoms with Crippen LogP contribution in [0, 0.1) is 0 Å². The van der Waals surface area contributed by atoms with Gasteiger partial charge in [-0.15, -0.1) is 0 Å². The highest BCUT2D eigenvalue weighted by Crippen LogP contribution is 2.39. The molecule has 0 aliphatic rings. The largest absolute Gasteiger partial charge is 0.507 e. The van der Waals surface area contributed by atoms with Crippen molar-refractivity contribution < 1.29 is 10.2 Å². The number of aryl methyl sites for hydroxylation is 2. The number of phenolic OH excluding ortho intramolecular Hbond substituents is 2. The molecule has 2 aromatic carbocycles. The highest BCUT2D eigenvalue weighted by molar-refractivity contribution is 5.78. The fourth-order valence-electron chi connectivity index (χ4n) is 2.14. The van der Waals surface area contributed by atoms with Crippen molar-refractivity contribution >= 4 is 0 Å². The third-order valence-electron chi connectivity index (χ3n) is 3.24. The summed E-state index contributed by atoms with van der Waals surface area (Å²) in [6, 6.07) is 11.3. The van der Waals surface area contributed by atoms with Crippen LogP contribution in [-0.2, 0) is 12.8 Å². The predicted molar refractivity (Wildman–Crippen MR) is 74.0 cm³/mol. The summed E-state index contributed by atoms with van der Waals surface area (Å²) in [4.78, 5) is 0. The molecule has 0 bridgehead atoms. The Balaban J connectivity index is 2.62. The van der Waals surface area contributed by atoms with Crippen molar-refractivity contribution in [3.63, 3.8) is 0 Å². The SMILES string of the molecule is CCc1cccc(-c2c(O)ccc(CC)c2O)c1. The van der Waals surface area contributed by atoms with E-state index in [1.54, 1.807) is 12.1 Å². The average molecular weight is 242 g/mol. The molecular formula is C16H18O2. The minimum atomic E-state index is 0.123. The third kappa shape index (κ3) is 2.19. The number of phenols is 2.